The van der Waals surface area contributed by atoms with Gasteiger partial charge >= 0.3 is 0 Å². The van der Waals surface area contributed by atoms with Crippen molar-refractivity contribution in [2.75, 3.05) is 20.0 Å². The minimum Gasteiger partial charge on any atom is -0.493 e. The lowest BCUT2D eigenvalue weighted by atomic mass is 10.2. The van der Waals surface area contributed by atoms with Gasteiger partial charge in [-0.1, -0.05) is 0 Å². The van der Waals surface area contributed by atoms with Crippen LogP contribution in [-0.4, -0.2) is 29.2 Å². The Labute approximate surface area is 126 Å². The molecule has 2 aromatic heterocycles. The fraction of sp³-hybridized carbons (Fsp3) is 0.133. The number of benzene rings is 1. The summed E-state index contributed by atoms with van der Waals surface area (Å²) in [7, 11) is 3.15. The maximum absolute atomic E-state index is 5.78. The first-order valence-corrected chi connectivity index (χ1v) is 6.48. The Balaban J connectivity index is 2.09. The Bertz CT molecular complexity index is 823. The van der Waals surface area contributed by atoms with Gasteiger partial charge in [-0.25, -0.2) is 4.98 Å². The van der Waals surface area contributed by atoms with E-state index in [1.54, 1.807) is 44.7 Å². The van der Waals surface area contributed by atoms with E-state index in [2.05, 4.69) is 15.0 Å². The highest BCUT2D eigenvalue weighted by atomic mass is 16.5. The SMILES string of the molecule is COc1cc2nccc(Oc3ccnc(N)n3)c2cc1OC. The highest BCUT2D eigenvalue weighted by Crippen LogP contribution is 2.36. The molecule has 0 saturated carbocycles. The van der Waals surface area contributed by atoms with Gasteiger partial charge in [-0.2, -0.15) is 4.98 Å². The lowest BCUT2D eigenvalue weighted by Crippen LogP contribution is -1.97. The number of fused-ring (bicyclic) bond motifs is 1. The number of ether oxygens (including phenoxy) is 3. The molecule has 0 radical (unpaired) electrons. The number of nitrogens with zero attached hydrogens (tertiary/aromatic N) is 3. The van der Waals surface area contributed by atoms with Gasteiger partial charge in [0.2, 0.25) is 11.8 Å². The van der Waals surface area contributed by atoms with E-state index in [4.69, 9.17) is 19.9 Å². The Morgan fingerprint density at radius 1 is 0.909 bits per heavy atom. The van der Waals surface area contributed by atoms with Gasteiger partial charge in [0.25, 0.3) is 0 Å². The van der Waals surface area contributed by atoms with E-state index in [1.807, 2.05) is 0 Å². The average Bonchev–Trinajstić information content (AvgIpc) is 2.54. The molecule has 7 nitrogen and oxygen atoms in total. The molecule has 7 heteroatoms. The third-order valence-corrected chi connectivity index (χ3v) is 3.07. The van der Waals surface area contributed by atoms with Crippen LogP contribution in [0.15, 0.2) is 36.7 Å². The lowest BCUT2D eigenvalue weighted by Gasteiger charge is -2.11. The first kappa shape index (κ1) is 13.9. The van der Waals surface area contributed by atoms with Gasteiger partial charge in [-0.3, -0.25) is 4.98 Å². The molecule has 2 N–H and O–H groups in total. The maximum Gasteiger partial charge on any atom is 0.224 e. The summed E-state index contributed by atoms with van der Waals surface area (Å²) in [6.45, 7) is 0. The van der Waals surface area contributed by atoms with Crippen molar-refractivity contribution >= 4 is 16.9 Å². The Hall–Kier alpha value is -3.09. The molecule has 3 rings (SSSR count). The average molecular weight is 298 g/mol. The monoisotopic (exact) mass is 298 g/mol. The summed E-state index contributed by atoms with van der Waals surface area (Å²) in [5.74, 6) is 2.29. The molecule has 0 atom stereocenters. The molecule has 22 heavy (non-hydrogen) atoms. The second-order valence-corrected chi connectivity index (χ2v) is 4.39. The Kier molecular flexibility index (Phi) is 3.61. The zero-order chi connectivity index (χ0) is 15.5. The van der Waals surface area contributed by atoms with E-state index in [0.717, 1.165) is 10.9 Å². The van der Waals surface area contributed by atoms with Gasteiger partial charge in [-0.05, 0) is 12.1 Å². The molecule has 0 aliphatic heterocycles. The minimum absolute atomic E-state index is 0.148. The second kappa shape index (κ2) is 5.72. The summed E-state index contributed by atoms with van der Waals surface area (Å²) in [5, 5.41) is 0.775. The molecule has 0 amide bonds. The number of hydrogen-bond acceptors (Lipinski definition) is 7. The molecule has 0 bridgehead atoms. The van der Waals surface area contributed by atoms with Crippen molar-refractivity contribution in [1.29, 1.82) is 0 Å². The van der Waals surface area contributed by atoms with Crippen LogP contribution in [-0.2, 0) is 0 Å². The highest BCUT2D eigenvalue weighted by Gasteiger charge is 2.11. The predicted molar refractivity (Wildman–Crippen MR) is 81.4 cm³/mol. The van der Waals surface area contributed by atoms with Gasteiger partial charge in [0.1, 0.15) is 5.75 Å². The molecule has 1 aromatic carbocycles. The van der Waals surface area contributed by atoms with Crippen LogP contribution in [0, 0.1) is 0 Å². The van der Waals surface area contributed by atoms with Crippen molar-refractivity contribution in [2.24, 2.45) is 0 Å². The quantitative estimate of drug-likeness (QED) is 0.790. The van der Waals surface area contributed by atoms with Crippen molar-refractivity contribution in [3.8, 4) is 23.1 Å². The van der Waals surface area contributed by atoms with Crippen LogP contribution in [0.2, 0.25) is 0 Å². The first-order chi connectivity index (χ1) is 10.7. The molecular formula is C15H14N4O3. The van der Waals surface area contributed by atoms with Crippen molar-refractivity contribution in [3.63, 3.8) is 0 Å². The van der Waals surface area contributed by atoms with Gasteiger partial charge in [0.05, 0.1) is 19.7 Å². The predicted octanol–water partition coefficient (Wildman–Crippen LogP) is 2.42. The standard InChI is InChI=1S/C15H14N4O3/c1-20-12-7-9-10(8-13(12)21-2)17-5-3-11(9)22-14-4-6-18-15(16)19-14/h3-8H,1-2H3,(H2,16,18,19). The van der Waals surface area contributed by atoms with Crippen LogP contribution in [0.3, 0.4) is 0 Å². The summed E-state index contributed by atoms with van der Waals surface area (Å²) in [4.78, 5) is 12.2. The molecule has 0 aliphatic carbocycles. The molecule has 0 unspecified atom stereocenters. The van der Waals surface area contributed by atoms with Crippen LogP contribution in [0.1, 0.15) is 0 Å². The summed E-state index contributed by atoms with van der Waals surface area (Å²) in [6, 6.07) is 6.96. The number of rotatable bonds is 4. The fourth-order valence-electron chi connectivity index (χ4n) is 2.06. The molecular weight excluding hydrogens is 284 g/mol. The summed E-state index contributed by atoms with van der Waals surface area (Å²) < 4.78 is 16.4. The fourth-order valence-corrected chi connectivity index (χ4v) is 2.06. The molecule has 0 aliphatic rings. The lowest BCUT2D eigenvalue weighted by molar-refractivity contribution is 0.355. The maximum atomic E-state index is 5.78. The largest absolute Gasteiger partial charge is 0.493 e. The Morgan fingerprint density at radius 2 is 1.64 bits per heavy atom. The molecule has 0 spiro atoms. The smallest absolute Gasteiger partial charge is 0.224 e. The molecule has 0 fully saturated rings. The third-order valence-electron chi connectivity index (χ3n) is 3.07. The topological polar surface area (TPSA) is 92.4 Å². The minimum atomic E-state index is 0.148. The van der Waals surface area contributed by atoms with Crippen molar-refractivity contribution < 1.29 is 14.2 Å². The van der Waals surface area contributed by atoms with Crippen molar-refractivity contribution in [3.05, 3.63) is 36.7 Å². The number of methoxy groups -OCH3 is 2. The summed E-state index contributed by atoms with van der Waals surface area (Å²) in [6.07, 6.45) is 3.18. The van der Waals surface area contributed by atoms with E-state index >= 15 is 0 Å². The van der Waals surface area contributed by atoms with Crippen molar-refractivity contribution in [2.45, 2.75) is 0 Å². The zero-order valence-corrected chi connectivity index (χ0v) is 12.1. The number of nitrogens with two attached hydrogens (primary N) is 1. The van der Waals surface area contributed by atoms with Crippen LogP contribution in [0.4, 0.5) is 5.95 Å². The number of nitrogen functional groups attached to an aromatic ring is 1. The van der Waals surface area contributed by atoms with Crippen LogP contribution in [0.25, 0.3) is 10.9 Å². The van der Waals surface area contributed by atoms with Crippen LogP contribution < -0.4 is 19.9 Å². The molecule has 112 valence electrons. The van der Waals surface area contributed by atoms with Gasteiger partial charge < -0.3 is 19.9 Å². The molecule has 3 aromatic rings. The number of aromatic nitrogens is 3. The second-order valence-electron chi connectivity index (χ2n) is 4.39. The normalized spacial score (nSPS) is 10.5. The van der Waals surface area contributed by atoms with E-state index < -0.39 is 0 Å². The number of pyridine rings is 1. The van der Waals surface area contributed by atoms with Gasteiger partial charge in [0.15, 0.2) is 11.5 Å². The highest BCUT2D eigenvalue weighted by molar-refractivity contribution is 5.88. The third kappa shape index (κ3) is 2.56. The van der Waals surface area contributed by atoms with E-state index in [1.165, 1.54) is 6.20 Å². The summed E-state index contributed by atoms with van der Waals surface area (Å²) >= 11 is 0. The van der Waals surface area contributed by atoms with E-state index in [-0.39, 0.29) is 5.95 Å². The van der Waals surface area contributed by atoms with Crippen LogP contribution >= 0.6 is 0 Å². The first-order valence-electron chi connectivity index (χ1n) is 6.48. The van der Waals surface area contributed by atoms with Gasteiger partial charge in [-0.15, -0.1) is 0 Å². The number of hydrogen-bond donors (Lipinski definition) is 1. The molecule has 0 saturated heterocycles. The summed E-state index contributed by atoms with van der Waals surface area (Å²) in [5.41, 5.74) is 6.28. The van der Waals surface area contributed by atoms with Crippen LogP contribution in [0.5, 0.6) is 23.1 Å². The van der Waals surface area contributed by atoms with E-state index in [0.29, 0.717) is 23.1 Å². The molecule has 2 heterocycles. The Morgan fingerprint density at radius 3 is 2.36 bits per heavy atom. The van der Waals surface area contributed by atoms with Gasteiger partial charge in [0, 0.05) is 29.9 Å². The van der Waals surface area contributed by atoms with E-state index in [9.17, 15) is 0 Å². The number of anilines is 1. The zero-order valence-electron chi connectivity index (χ0n) is 12.1. The van der Waals surface area contributed by atoms with Crippen molar-refractivity contribution in [1.82, 2.24) is 15.0 Å².